The second-order valence-corrected chi connectivity index (χ2v) is 8.24. The van der Waals surface area contributed by atoms with Crippen LogP contribution in [0.1, 0.15) is 23.7 Å². The first-order chi connectivity index (χ1) is 8.54. The molecular weight excluding hydrogens is 402 g/mol. The number of hydrogen-bond acceptors (Lipinski definition) is 4. The standard InChI is InChI=1S/C11H13Br2NO2S2/c1-2-3-14-10(16)6-17-5-8(15)7-4-9(12)18-11(7)13/h4H,2-3,5-6H2,1H3,(H,14,16). The molecule has 18 heavy (non-hydrogen) atoms. The van der Waals surface area contributed by atoms with Gasteiger partial charge in [-0.2, -0.15) is 0 Å². The van der Waals surface area contributed by atoms with Crippen molar-refractivity contribution in [2.45, 2.75) is 13.3 Å². The lowest BCUT2D eigenvalue weighted by molar-refractivity contribution is -0.118. The van der Waals surface area contributed by atoms with Crippen LogP contribution in [0.15, 0.2) is 13.6 Å². The number of ketones is 1. The van der Waals surface area contributed by atoms with E-state index in [-0.39, 0.29) is 11.7 Å². The van der Waals surface area contributed by atoms with Crippen molar-refractivity contribution in [3.63, 3.8) is 0 Å². The minimum absolute atomic E-state index is 0.0137. The minimum atomic E-state index is -0.0137. The van der Waals surface area contributed by atoms with Crippen molar-refractivity contribution in [3.8, 4) is 0 Å². The van der Waals surface area contributed by atoms with Gasteiger partial charge >= 0.3 is 0 Å². The molecule has 1 heterocycles. The Morgan fingerprint density at radius 3 is 2.67 bits per heavy atom. The monoisotopic (exact) mass is 413 g/mol. The number of Topliss-reactive ketones (excluding diaryl/α,β-unsaturated/α-hetero) is 1. The predicted molar refractivity (Wildman–Crippen MR) is 84.7 cm³/mol. The second-order valence-electron chi connectivity index (χ2n) is 3.50. The van der Waals surface area contributed by atoms with Gasteiger partial charge in [0.2, 0.25) is 5.91 Å². The van der Waals surface area contributed by atoms with Gasteiger partial charge in [-0.25, -0.2) is 0 Å². The first kappa shape index (κ1) is 16.2. The molecule has 0 radical (unpaired) electrons. The van der Waals surface area contributed by atoms with E-state index in [0.29, 0.717) is 23.6 Å². The second kappa shape index (κ2) is 8.35. The van der Waals surface area contributed by atoms with E-state index in [0.717, 1.165) is 14.0 Å². The van der Waals surface area contributed by atoms with E-state index < -0.39 is 0 Å². The van der Waals surface area contributed by atoms with Gasteiger partial charge in [-0.05, 0) is 44.3 Å². The molecule has 0 atom stereocenters. The molecule has 1 rings (SSSR count). The van der Waals surface area contributed by atoms with Crippen LogP contribution in [0.25, 0.3) is 0 Å². The smallest absolute Gasteiger partial charge is 0.230 e. The Morgan fingerprint density at radius 2 is 2.11 bits per heavy atom. The molecule has 0 aliphatic rings. The summed E-state index contributed by atoms with van der Waals surface area (Å²) in [6, 6.07) is 1.80. The van der Waals surface area contributed by atoms with E-state index in [9.17, 15) is 9.59 Å². The van der Waals surface area contributed by atoms with Crippen molar-refractivity contribution in [2.24, 2.45) is 0 Å². The van der Waals surface area contributed by atoms with Crippen LogP contribution < -0.4 is 5.32 Å². The van der Waals surface area contributed by atoms with E-state index in [1.165, 1.54) is 23.1 Å². The number of carbonyl (C=O) groups is 2. The molecule has 0 saturated heterocycles. The van der Waals surface area contributed by atoms with Gasteiger partial charge in [0.05, 0.1) is 19.1 Å². The normalized spacial score (nSPS) is 10.4. The number of nitrogens with one attached hydrogen (secondary N) is 1. The number of amides is 1. The average molecular weight is 415 g/mol. The summed E-state index contributed by atoms with van der Waals surface area (Å²) in [6.45, 7) is 2.69. The molecule has 0 aromatic carbocycles. The van der Waals surface area contributed by atoms with E-state index in [1.54, 1.807) is 6.07 Å². The third-order valence-corrected chi connectivity index (χ3v) is 5.27. The minimum Gasteiger partial charge on any atom is -0.355 e. The number of halogens is 2. The largest absolute Gasteiger partial charge is 0.355 e. The molecule has 1 aromatic heterocycles. The van der Waals surface area contributed by atoms with Gasteiger partial charge in [0.1, 0.15) is 0 Å². The molecule has 0 unspecified atom stereocenters. The van der Waals surface area contributed by atoms with Crippen LogP contribution in [0, 0.1) is 0 Å². The Morgan fingerprint density at radius 1 is 1.39 bits per heavy atom. The lowest BCUT2D eigenvalue weighted by atomic mass is 10.2. The highest BCUT2D eigenvalue weighted by atomic mass is 79.9. The summed E-state index contributed by atoms with van der Waals surface area (Å²) < 4.78 is 1.75. The van der Waals surface area contributed by atoms with Crippen LogP contribution >= 0.6 is 55.0 Å². The Labute approximate surface area is 131 Å². The third kappa shape index (κ3) is 5.42. The fourth-order valence-corrected chi connectivity index (χ4v) is 4.75. The summed E-state index contributed by atoms with van der Waals surface area (Å²) in [5.41, 5.74) is 0.674. The summed E-state index contributed by atoms with van der Waals surface area (Å²) >= 11 is 9.50. The first-order valence-electron chi connectivity index (χ1n) is 5.37. The van der Waals surface area contributed by atoms with Gasteiger partial charge < -0.3 is 5.32 Å². The van der Waals surface area contributed by atoms with E-state index >= 15 is 0 Å². The maximum atomic E-state index is 11.9. The fourth-order valence-electron chi connectivity index (χ4n) is 1.16. The van der Waals surface area contributed by atoms with E-state index in [4.69, 9.17) is 0 Å². The summed E-state index contributed by atoms with van der Waals surface area (Å²) in [7, 11) is 0. The Kier molecular flexibility index (Phi) is 7.51. The molecule has 7 heteroatoms. The number of carbonyl (C=O) groups excluding carboxylic acids is 2. The maximum absolute atomic E-state index is 11.9. The maximum Gasteiger partial charge on any atom is 0.230 e. The highest BCUT2D eigenvalue weighted by molar-refractivity contribution is 9.12. The van der Waals surface area contributed by atoms with Gasteiger partial charge in [-0.1, -0.05) is 6.92 Å². The van der Waals surface area contributed by atoms with Crippen LogP contribution in [-0.4, -0.2) is 29.7 Å². The molecule has 0 aliphatic heterocycles. The molecule has 100 valence electrons. The number of thioether (sulfide) groups is 1. The summed E-state index contributed by atoms with van der Waals surface area (Å²) in [4.78, 5) is 23.2. The van der Waals surface area contributed by atoms with Crippen LogP contribution in [0.4, 0.5) is 0 Å². The van der Waals surface area contributed by atoms with Gasteiger partial charge in [0, 0.05) is 12.1 Å². The zero-order valence-corrected chi connectivity index (χ0v) is 14.6. The molecular formula is C11H13Br2NO2S2. The van der Waals surface area contributed by atoms with Gasteiger partial charge in [0.25, 0.3) is 0 Å². The zero-order valence-electron chi connectivity index (χ0n) is 9.79. The van der Waals surface area contributed by atoms with Gasteiger partial charge in [-0.3, -0.25) is 9.59 Å². The van der Waals surface area contributed by atoms with Crippen LogP contribution in [0.2, 0.25) is 0 Å². The first-order valence-corrected chi connectivity index (χ1v) is 8.92. The topological polar surface area (TPSA) is 46.2 Å². The quantitative estimate of drug-likeness (QED) is 0.691. The van der Waals surface area contributed by atoms with Crippen LogP contribution in [0.5, 0.6) is 0 Å². The van der Waals surface area contributed by atoms with Crippen LogP contribution in [-0.2, 0) is 4.79 Å². The SMILES string of the molecule is CCCNC(=O)CSCC(=O)c1cc(Br)sc1Br. The summed E-state index contributed by atoms with van der Waals surface area (Å²) in [5.74, 6) is 0.674. The van der Waals surface area contributed by atoms with Crippen molar-refractivity contribution in [1.29, 1.82) is 0 Å². The zero-order chi connectivity index (χ0) is 13.5. The highest BCUT2D eigenvalue weighted by Crippen LogP contribution is 2.32. The lowest BCUT2D eigenvalue weighted by Gasteiger charge is -2.02. The molecule has 1 N–H and O–H groups in total. The molecule has 3 nitrogen and oxygen atoms in total. The van der Waals surface area contributed by atoms with Crippen molar-refractivity contribution in [2.75, 3.05) is 18.1 Å². The lowest BCUT2D eigenvalue weighted by Crippen LogP contribution is -2.26. The molecule has 0 saturated carbocycles. The van der Waals surface area contributed by atoms with Crippen LogP contribution in [0.3, 0.4) is 0 Å². The predicted octanol–water partition coefficient (Wildman–Crippen LogP) is 3.72. The van der Waals surface area contributed by atoms with E-state index in [2.05, 4.69) is 37.2 Å². The summed E-state index contributed by atoms with van der Waals surface area (Å²) in [6.07, 6.45) is 0.922. The van der Waals surface area contributed by atoms with E-state index in [1.807, 2.05) is 6.92 Å². The molecule has 0 spiro atoms. The highest BCUT2D eigenvalue weighted by Gasteiger charge is 2.14. The molecule has 0 fully saturated rings. The Hall–Kier alpha value is 0.150. The Balaban J connectivity index is 2.34. The number of thiophene rings is 1. The van der Waals surface area contributed by atoms with Crippen molar-refractivity contribution < 1.29 is 9.59 Å². The molecule has 0 aliphatic carbocycles. The summed E-state index contributed by atoms with van der Waals surface area (Å²) in [5, 5.41) is 2.78. The fraction of sp³-hybridized carbons (Fsp3) is 0.455. The molecule has 1 amide bonds. The number of hydrogen-bond donors (Lipinski definition) is 1. The molecule has 1 aromatic rings. The van der Waals surface area contributed by atoms with Crippen molar-refractivity contribution >= 4 is 66.6 Å². The Bertz CT molecular complexity index is 435. The van der Waals surface area contributed by atoms with Gasteiger partial charge in [0.15, 0.2) is 5.78 Å². The molecule has 0 bridgehead atoms. The number of rotatable bonds is 7. The van der Waals surface area contributed by atoms with Gasteiger partial charge in [-0.15, -0.1) is 23.1 Å². The third-order valence-electron chi connectivity index (χ3n) is 2.00. The average Bonchev–Trinajstić information content (AvgIpc) is 2.65. The van der Waals surface area contributed by atoms with Crippen molar-refractivity contribution in [1.82, 2.24) is 5.32 Å². The van der Waals surface area contributed by atoms with Crippen molar-refractivity contribution in [3.05, 3.63) is 19.2 Å².